The van der Waals surface area contributed by atoms with Crippen molar-refractivity contribution < 1.29 is 4.79 Å². The van der Waals surface area contributed by atoms with E-state index in [4.69, 9.17) is 5.73 Å². The molecule has 0 aliphatic carbocycles. The van der Waals surface area contributed by atoms with Crippen LogP contribution in [0.1, 0.15) is 53.4 Å². The van der Waals surface area contributed by atoms with Crippen LogP contribution in [0.25, 0.3) is 0 Å². The van der Waals surface area contributed by atoms with Gasteiger partial charge in [-0.25, -0.2) is 0 Å². The minimum absolute atomic E-state index is 0.237. The van der Waals surface area contributed by atoms with E-state index >= 15 is 0 Å². The third kappa shape index (κ3) is 4.77. The average molecular weight is 269 g/mol. The highest BCUT2D eigenvalue weighted by molar-refractivity contribution is 5.84. The quantitative estimate of drug-likeness (QED) is 0.740. The van der Waals surface area contributed by atoms with Crippen LogP contribution in [0.15, 0.2) is 0 Å². The molecule has 4 nitrogen and oxygen atoms in total. The van der Waals surface area contributed by atoms with E-state index in [0.717, 1.165) is 38.4 Å². The summed E-state index contributed by atoms with van der Waals surface area (Å²) in [5, 5.41) is 3.31. The lowest BCUT2D eigenvalue weighted by atomic mass is 9.91. The van der Waals surface area contributed by atoms with E-state index in [-0.39, 0.29) is 5.91 Å². The number of amides is 1. The van der Waals surface area contributed by atoms with E-state index in [1.165, 1.54) is 12.8 Å². The maximum atomic E-state index is 11.7. The van der Waals surface area contributed by atoms with Crippen molar-refractivity contribution in [1.82, 2.24) is 10.2 Å². The fourth-order valence-electron chi connectivity index (χ4n) is 2.85. The summed E-state index contributed by atoms with van der Waals surface area (Å²) in [6.07, 6.45) is 4.33. The molecule has 0 radical (unpaired) electrons. The van der Waals surface area contributed by atoms with Gasteiger partial charge < -0.3 is 16.0 Å². The second-order valence-corrected chi connectivity index (χ2v) is 6.39. The number of piperidine rings is 1. The van der Waals surface area contributed by atoms with Crippen LogP contribution in [0, 0.1) is 5.92 Å². The standard InChI is InChI=1S/C15H31N3O/c1-5-8-17-15(4,14(16)19)7-10-18-9-6-12(2)11-13(18)3/h12-13,17H,5-11H2,1-4H3,(H2,16,19). The molecule has 19 heavy (non-hydrogen) atoms. The van der Waals surface area contributed by atoms with Gasteiger partial charge in [0.1, 0.15) is 0 Å². The number of hydrogen-bond donors (Lipinski definition) is 2. The van der Waals surface area contributed by atoms with Gasteiger partial charge in [-0.15, -0.1) is 0 Å². The van der Waals surface area contributed by atoms with Crippen LogP contribution in [-0.4, -0.2) is 42.0 Å². The number of nitrogens with zero attached hydrogens (tertiary/aromatic N) is 1. The smallest absolute Gasteiger partial charge is 0.237 e. The van der Waals surface area contributed by atoms with Gasteiger partial charge in [0.2, 0.25) is 5.91 Å². The first kappa shape index (κ1) is 16.4. The third-order valence-electron chi connectivity index (χ3n) is 4.48. The minimum atomic E-state index is -0.571. The Balaban J connectivity index is 2.49. The van der Waals surface area contributed by atoms with E-state index in [9.17, 15) is 4.79 Å². The molecule has 1 heterocycles. The first-order chi connectivity index (χ1) is 8.89. The van der Waals surface area contributed by atoms with E-state index in [1.54, 1.807) is 0 Å². The van der Waals surface area contributed by atoms with Crippen LogP contribution in [0.3, 0.4) is 0 Å². The SMILES string of the molecule is CCCNC(C)(CCN1CCC(C)CC1C)C(N)=O. The van der Waals surface area contributed by atoms with Crippen molar-refractivity contribution in [2.45, 2.75) is 65.0 Å². The van der Waals surface area contributed by atoms with E-state index in [1.807, 2.05) is 6.92 Å². The molecule has 3 unspecified atom stereocenters. The molecular weight excluding hydrogens is 238 g/mol. The predicted octanol–water partition coefficient (Wildman–Crippen LogP) is 1.74. The van der Waals surface area contributed by atoms with Crippen molar-refractivity contribution in [3.63, 3.8) is 0 Å². The number of nitrogens with one attached hydrogen (secondary N) is 1. The molecular formula is C15H31N3O. The van der Waals surface area contributed by atoms with E-state index in [2.05, 4.69) is 31.0 Å². The molecule has 3 N–H and O–H groups in total. The Hall–Kier alpha value is -0.610. The normalized spacial score (nSPS) is 28.0. The summed E-state index contributed by atoms with van der Waals surface area (Å²) >= 11 is 0. The molecule has 0 aromatic rings. The zero-order valence-electron chi connectivity index (χ0n) is 13.0. The summed E-state index contributed by atoms with van der Waals surface area (Å²) in [7, 11) is 0. The van der Waals surface area contributed by atoms with Crippen LogP contribution in [0.2, 0.25) is 0 Å². The summed E-state index contributed by atoms with van der Waals surface area (Å²) in [6, 6.07) is 0.618. The molecule has 1 aliphatic heterocycles. The monoisotopic (exact) mass is 269 g/mol. The lowest BCUT2D eigenvalue weighted by Gasteiger charge is -2.38. The molecule has 1 fully saturated rings. The summed E-state index contributed by atoms with van der Waals surface area (Å²) < 4.78 is 0. The first-order valence-corrected chi connectivity index (χ1v) is 7.68. The zero-order valence-corrected chi connectivity index (χ0v) is 13.0. The number of carbonyl (C=O) groups is 1. The number of nitrogens with two attached hydrogens (primary N) is 1. The molecule has 4 heteroatoms. The highest BCUT2D eigenvalue weighted by Gasteiger charge is 2.32. The van der Waals surface area contributed by atoms with Crippen LogP contribution < -0.4 is 11.1 Å². The Morgan fingerprint density at radius 2 is 2.16 bits per heavy atom. The Bertz CT molecular complexity index is 295. The van der Waals surface area contributed by atoms with Crippen molar-refractivity contribution in [2.75, 3.05) is 19.6 Å². The van der Waals surface area contributed by atoms with E-state index < -0.39 is 5.54 Å². The molecule has 0 bridgehead atoms. The molecule has 0 spiro atoms. The fraction of sp³-hybridized carbons (Fsp3) is 0.933. The van der Waals surface area contributed by atoms with Gasteiger partial charge in [-0.2, -0.15) is 0 Å². The highest BCUT2D eigenvalue weighted by Crippen LogP contribution is 2.23. The second-order valence-electron chi connectivity index (χ2n) is 6.39. The molecule has 0 aromatic heterocycles. The Morgan fingerprint density at radius 3 is 2.68 bits per heavy atom. The molecule has 0 saturated carbocycles. The molecule has 1 rings (SSSR count). The van der Waals surface area contributed by atoms with Gasteiger partial charge in [0, 0.05) is 12.6 Å². The van der Waals surface area contributed by atoms with Gasteiger partial charge in [-0.1, -0.05) is 13.8 Å². The summed E-state index contributed by atoms with van der Waals surface area (Å²) in [4.78, 5) is 14.2. The molecule has 3 atom stereocenters. The lowest BCUT2D eigenvalue weighted by Crippen LogP contribution is -2.55. The number of carbonyl (C=O) groups excluding carboxylic acids is 1. The zero-order chi connectivity index (χ0) is 14.5. The second kappa shape index (κ2) is 7.25. The Kier molecular flexibility index (Phi) is 6.27. The molecule has 1 aliphatic rings. The molecule has 1 amide bonds. The molecule has 1 saturated heterocycles. The number of rotatable bonds is 7. The molecule has 0 aromatic carbocycles. The average Bonchev–Trinajstić information content (AvgIpc) is 2.35. The molecule has 112 valence electrons. The van der Waals surface area contributed by atoms with Crippen molar-refractivity contribution in [3.05, 3.63) is 0 Å². The third-order valence-corrected chi connectivity index (χ3v) is 4.48. The fourth-order valence-corrected chi connectivity index (χ4v) is 2.85. The van der Waals surface area contributed by atoms with Crippen LogP contribution in [-0.2, 0) is 4.79 Å². The highest BCUT2D eigenvalue weighted by atomic mass is 16.1. The minimum Gasteiger partial charge on any atom is -0.368 e. The van der Waals surface area contributed by atoms with Gasteiger partial charge >= 0.3 is 0 Å². The maximum Gasteiger partial charge on any atom is 0.237 e. The first-order valence-electron chi connectivity index (χ1n) is 7.68. The van der Waals surface area contributed by atoms with Gasteiger partial charge in [0.25, 0.3) is 0 Å². The van der Waals surface area contributed by atoms with Gasteiger partial charge in [0.05, 0.1) is 5.54 Å². The largest absolute Gasteiger partial charge is 0.368 e. The van der Waals surface area contributed by atoms with Crippen LogP contribution in [0.4, 0.5) is 0 Å². The van der Waals surface area contributed by atoms with Gasteiger partial charge in [-0.3, -0.25) is 4.79 Å². The topological polar surface area (TPSA) is 58.4 Å². The lowest BCUT2D eigenvalue weighted by molar-refractivity contribution is -0.124. The predicted molar refractivity (Wildman–Crippen MR) is 79.9 cm³/mol. The summed E-state index contributed by atoms with van der Waals surface area (Å²) in [5.74, 6) is 0.589. The maximum absolute atomic E-state index is 11.7. The van der Waals surface area contributed by atoms with Gasteiger partial charge in [0.15, 0.2) is 0 Å². The van der Waals surface area contributed by atoms with Crippen molar-refractivity contribution >= 4 is 5.91 Å². The summed E-state index contributed by atoms with van der Waals surface area (Å²) in [5.41, 5.74) is 4.99. The van der Waals surface area contributed by atoms with Crippen molar-refractivity contribution in [3.8, 4) is 0 Å². The van der Waals surface area contributed by atoms with Gasteiger partial charge in [-0.05, 0) is 58.5 Å². The Morgan fingerprint density at radius 1 is 1.47 bits per heavy atom. The van der Waals surface area contributed by atoms with Crippen molar-refractivity contribution in [2.24, 2.45) is 11.7 Å². The Labute approximate surface area is 118 Å². The van der Waals surface area contributed by atoms with Crippen molar-refractivity contribution in [1.29, 1.82) is 0 Å². The van der Waals surface area contributed by atoms with E-state index in [0.29, 0.717) is 6.04 Å². The summed E-state index contributed by atoms with van der Waals surface area (Å²) in [6.45, 7) is 11.6. The number of hydrogen-bond acceptors (Lipinski definition) is 3. The number of primary amides is 1. The number of likely N-dealkylation sites (tertiary alicyclic amines) is 1. The van der Waals surface area contributed by atoms with Crippen LogP contribution in [0.5, 0.6) is 0 Å². The van der Waals surface area contributed by atoms with Crippen LogP contribution >= 0.6 is 0 Å².